The standard InChI is InChI=1S/C24H19NO4.C23H21NO6.C22H19NO6.C20H15Cl2NO4.C13H11Cl2NO2.CH4/c26-23(27)22-19-7-3-6-18(19)20-13-16(9-11-21(20)25-22)24(28)29-17-10-8-14-4-1-2-5-15(14)12-17;1-2-29-23(28)16-6-3-4-9-19(16)30-22(27)13-10-11-18-17(12-13)14-7-5-8-15(14)20(24-18)21(25)26;1-28-22(27)15-5-2-3-8-18(15)29-21(26)12-9-10-17-16(11-12)13-6-4-7-14(13)19(23-17)20(24)25;21-10-4-6-14(16(22)8-10)20(26)27-11-5-7-17-15(9-11)12-2-1-3-13(12)18(23-17)19(24)25;14-6-4-9(15)11-7-2-1-3-8(7)12(13(17)18)16-10(11)5-6;/h1-6,8-13,18-19,22,25H,7H2,(H,26,27);3-7,9-12,14-15,20,24H,2,8H2,1H3,(H,25,26);2-6,8-11,13-14,19,23H,7H2,1H3,(H,24,25);1-2,4-9,12-13,18,23H,3H2,(H,24,25);1-2,4-5,7-8,12,16H,3H2,(H,17,18);1H4. The third-order valence-corrected chi connectivity index (χ3v) is 26.3. The van der Waals surface area contributed by atoms with E-state index in [9.17, 15) is 78.3 Å². The summed E-state index contributed by atoms with van der Waals surface area (Å²) in [6.45, 7) is 1.92. The molecule has 27 nitrogen and oxygen atoms in total. The maximum Gasteiger partial charge on any atom is 0.345 e. The summed E-state index contributed by atoms with van der Waals surface area (Å²) in [7, 11) is 1.26. The molecule has 0 saturated carbocycles. The molecule has 0 radical (unpaired) electrons. The Morgan fingerprint density at radius 1 is 0.328 bits per heavy atom. The van der Waals surface area contributed by atoms with Crippen LogP contribution in [0.25, 0.3) is 10.8 Å². The summed E-state index contributed by atoms with van der Waals surface area (Å²) >= 11 is 24.1. The van der Waals surface area contributed by atoms with E-state index < -0.39 is 95.9 Å². The molecule has 5 aliphatic carbocycles. The van der Waals surface area contributed by atoms with Gasteiger partial charge in [0.05, 0.1) is 41.0 Å². The minimum Gasteiger partial charge on any atom is -0.480 e. The molecule has 0 amide bonds. The van der Waals surface area contributed by atoms with Gasteiger partial charge in [0.15, 0.2) is 0 Å². The molecule has 15 atom stereocenters. The zero-order chi connectivity index (χ0) is 93.7. The molecule has 10 aromatic rings. The van der Waals surface area contributed by atoms with Crippen molar-refractivity contribution in [2.75, 3.05) is 40.3 Å². The Morgan fingerprint density at radius 2 is 0.687 bits per heavy atom. The molecule has 10 aliphatic rings. The van der Waals surface area contributed by atoms with E-state index in [2.05, 4.69) is 26.6 Å². The quantitative estimate of drug-likeness (QED) is 0.0244. The van der Waals surface area contributed by atoms with E-state index in [-0.39, 0.29) is 106 Å². The summed E-state index contributed by atoms with van der Waals surface area (Å²) in [5.41, 5.74) is 9.78. The minimum absolute atomic E-state index is 0. The van der Waals surface area contributed by atoms with Gasteiger partial charge in [0.25, 0.3) is 0 Å². The van der Waals surface area contributed by atoms with E-state index in [1.807, 2.05) is 103 Å². The van der Waals surface area contributed by atoms with Crippen LogP contribution in [0.4, 0.5) is 28.4 Å². The molecule has 0 aromatic heterocycles. The second-order valence-electron chi connectivity index (χ2n) is 33.0. The van der Waals surface area contributed by atoms with E-state index in [4.69, 9.17) is 74.8 Å². The molecule has 5 aliphatic heterocycles. The average molecular weight is 1890 g/mol. The predicted octanol–water partition coefficient (Wildman–Crippen LogP) is 20.4. The molecule has 20 rings (SSSR count). The number of carbonyl (C=O) groups is 11. The highest BCUT2D eigenvalue weighted by atomic mass is 35.5. The molecular formula is C103H89Cl4N5O22. The first-order chi connectivity index (χ1) is 64.1. The fraction of sp³-hybridized carbons (Fsp3) is 0.233. The first-order valence-electron chi connectivity index (χ1n) is 42.7. The molecule has 0 saturated heterocycles. The van der Waals surface area contributed by atoms with E-state index in [1.165, 1.54) is 43.5 Å². The largest absolute Gasteiger partial charge is 0.480 e. The first-order valence-corrected chi connectivity index (χ1v) is 44.2. The van der Waals surface area contributed by atoms with Crippen LogP contribution in [0.2, 0.25) is 20.1 Å². The number of aliphatic carboxylic acids is 5. The van der Waals surface area contributed by atoms with Crippen molar-refractivity contribution in [3.63, 3.8) is 0 Å². The fourth-order valence-electron chi connectivity index (χ4n) is 19.0. The number of nitrogens with one attached hydrogen (secondary N) is 5. The molecule has 0 bridgehead atoms. The molecule has 5 heterocycles. The smallest absolute Gasteiger partial charge is 0.345 e. The van der Waals surface area contributed by atoms with Crippen LogP contribution in [0.1, 0.15) is 166 Å². The number of benzene rings is 10. The number of carboxylic acid groups (broad SMARTS) is 5. The summed E-state index contributed by atoms with van der Waals surface area (Å²) in [6.07, 6.45) is 23.5. The Bertz CT molecular complexity index is 6550. The van der Waals surface area contributed by atoms with Gasteiger partial charge >= 0.3 is 65.7 Å². The van der Waals surface area contributed by atoms with E-state index in [0.717, 1.165) is 62.1 Å². The van der Waals surface area contributed by atoms with E-state index >= 15 is 0 Å². The highest BCUT2D eigenvalue weighted by Crippen LogP contribution is 2.52. The summed E-state index contributed by atoms with van der Waals surface area (Å²) in [4.78, 5) is 132. The second-order valence-corrected chi connectivity index (χ2v) is 34.7. The summed E-state index contributed by atoms with van der Waals surface area (Å²) < 4.78 is 31.7. The van der Waals surface area contributed by atoms with Crippen LogP contribution >= 0.6 is 46.4 Å². The molecular weight excluding hydrogens is 1800 g/mol. The number of hydrogen-bond acceptors (Lipinski definition) is 22. The van der Waals surface area contributed by atoms with Gasteiger partial charge in [0.2, 0.25) is 0 Å². The Morgan fingerprint density at radius 3 is 1.12 bits per heavy atom. The number of esters is 6. The number of halogens is 4. The SMILES string of the molecule is C.CCOC(=O)c1ccccc1OC(=O)c1ccc2c(c1)C1C=CCC1C(C(=O)O)N2.COC(=O)c1ccccc1OC(=O)c1ccc2c(c1)C1C=CCC1C(C(=O)O)N2.O=C(O)C1Nc2cc(Cl)cc(Cl)c2C2C=CCC12.O=C(Oc1ccc2c(c1)C1C=CCC1C(C(=O)O)N2)c1ccc(Cl)cc1Cl.O=C(Oc1ccc2ccccc2c1)c1ccc2c(c1)C1C=CCC1C(C(=O)O)N2. The molecule has 10 N–H and O–H groups in total. The maximum atomic E-state index is 12.8. The van der Waals surface area contributed by atoms with Crippen molar-refractivity contribution < 1.29 is 107 Å². The van der Waals surface area contributed by atoms with Crippen molar-refractivity contribution in [3.8, 4) is 23.0 Å². The molecule has 10 aromatic carbocycles. The number of allylic oxidation sites excluding steroid dienone is 10. The third kappa shape index (κ3) is 19.8. The topological polar surface area (TPSA) is 404 Å². The third-order valence-electron chi connectivity index (χ3n) is 25.2. The fourth-order valence-corrected chi connectivity index (χ4v) is 20.1. The lowest BCUT2D eigenvalue weighted by Crippen LogP contribution is -2.41. The van der Waals surface area contributed by atoms with Crippen molar-refractivity contribution in [2.24, 2.45) is 29.6 Å². The van der Waals surface area contributed by atoms with Gasteiger partial charge in [-0.15, -0.1) is 0 Å². The molecule has 31 heteroatoms. The van der Waals surface area contributed by atoms with Crippen LogP contribution in [-0.2, 0) is 33.4 Å². The summed E-state index contributed by atoms with van der Waals surface area (Å²) in [6, 6.07) is 51.4. The Labute approximate surface area is 788 Å². The minimum atomic E-state index is -0.891. The lowest BCUT2D eigenvalue weighted by atomic mass is 9.79. The number of methoxy groups -OCH3 is 1. The van der Waals surface area contributed by atoms with Crippen LogP contribution in [0.15, 0.2) is 255 Å². The predicted molar refractivity (Wildman–Crippen MR) is 505 cm³/mol. The van der Waals surface area contributed by atoms with Crippen LogP contribution in [-0.4, -0.2) is 135 Å². The summed E-state index contributed by atoms with van der Waals surface area (Å²) in [5, 5.41) is 66.5. The van der Waals surface area contributed by atoms with Gasteiger partial charge in [-0.25, -0.2) is 52.7 Å². The highest BCUT2D eigenvalue weighted by Gasteiger charge is 2.47. The van der Waals surface area contributed by atoms with Crippen molar-refractivity contribution >= 4 is 151 Å². The van der Waals surface area contributed by atoms with Gasteiger partial charge in [0.1, 0.15) is 64.3 Å². The lowest BCUT2D eigenvalue weighted by Gasteiger charge is -2.35. The molecule has 0 spiro atoms. The van der Waals surface area contributed by atoms with E-state index in [1.54, 1.807) is 122 Å². The number of fused-ring (bicyclic) bond motifs is 16. The Hall–Kier alpha value is -14.5. The van der Waals surface area contributed by atoms with Crippen LogP contribution in [0.5, 0.6) is 23.0 Å². The van der Waals surface area contributed by atoms with Gasteiger partial charge in [0, 0.05) is 108 Å². The summed E-state index contributed by atoms with van der Waals surface area (Å²) in [5.74, 6) is -7.05. The average Bonchev–Trinajstić information content (AvgIpc) is 1.52. The number of carboxylic acids is 5. The van der Waals surface area contributed by atoms with E-state index in [0.29, 0.717) is 80.3 Å². The maximum absolute atomic E-state index is 12.8. The van der Waals surface area contributed by atoms with Gasteiger partial charge < -0.3 is 80.5 Å². The lowest BCUT2D eigenvalue weighted by molar-refractivity contribution is -0.140. The van der Waals surface area contributed by atoms with Crippen molar-refractivity contribution in [1.82, 2.24) is 0 Å². The molecule has 686 valence electrons. The Kier molecular flexibility index (Phi) is 28.6. The monoisotopic (exact) mass is 1890 g/mol. The number of anilines is 5. The number of rotatable bonds is 16. The number of para-hydroxylation sites is 2. The van der Waals surface area contributed by atoms with Crippen molar-refractivity contribution in [3.05, 3.63) is 336 Å². The van der Waals surface area contributed by atoms with Crippen LogP contribution in [0, 0.1) is 29.6 Å². The van der Waals surface area contributed by atoms with Gasteiger partial charge in [-0.1, -0.05) is 169 Å². The molecule has 15 unspecified atom stereocenters. The normalized spacial score (nSPS) is 22.5. The number of carbonyl (C=O) groups excluding carboxylic acids is 6. The van der Waals surface area contributed by atoms with Gasteiger partial charge in [-0.05, 0) is 212 Å². The second kappa shape index (κ2) is 40.7. The van der Waals surface area contributed by atoms with Crippen molar-refractivity contribution in [2.45, 2.75) is 106 Å². The zero-order valence-electron chi connectivity index (χ0n) is 70.8. The highest BCUT2D eigenvalue weighted by molar-refractivity contribution is 6.37. The number of ether oxygens (including phenoxy) is 6. The van der Waals surface area contributed by atoms with Gasteiger partial charge in [-0.3, -0.25) is 0 Å². The van der Waals surface area contributed by atoms with Gasteiger partial charge in [-0.2, -0.15) is 0 Å². The van der Waals surface area contributed by atoms with Crippen LogP contribution < -0.4 is 45.5 Å². The molecule has 0 fully saturated rings. The van der Waals surface area contributed by atoms with Crippen molar-refractivity contribution in [1.29, 1.82) is 0 Å². The van der Waals surface area contributed by atoms with Crippen LogP contribution in [0.3, 0.4) is 0 Å². The Balaban J connectivity index is 0.000000128. The number of hydrogen-bond donors (Lipinski definition) is 10. The zero-order valence-corrected chi connectivity index (χ0v) is 73.9. The first kappa shape index (κ1) is 94.1. The molecule has 134 heavy (non-hydrogen) atoms.